The third-order valence-corrected chi connectivity index (χ3v) is 1.92. The van der Waals surface area contributed by atoms with Crippen molar-refractivity contribution in [2.45, 2.75) is 6.42 Å². The number of terminal acetylenes is 1. The molecular weight excluding hydrogens is 196 g/mol. The maximum absolute atomic E-state index is 8.81. The van der Waals surface area contributed by atoms with Gasteiger partial charge in [0.05, 0.1) is 11.3 Å². The zero-order chi connectivity index (χ0) is 10.4. The van der Waals surface area contributed by atoms with E-state index in [1.54, 1.807) is 18.2 Å². The topological polar surface area (TPSA) is 35.8 Å². The largest absolute Gasteiger partial charge is 0.383 e. The minimum atomic E-state index is 0.537. The third-order valence-electron chi connectivity index (χ3n) is 1.69. The highest BCUT2D eigenvalue weighted by atomic mass is 35.5. The predicted octanol–water partition coefficient (Wildman–Crippen LogP) is 2.65. The smallest absolute Gasteiger partial charge is 0.101 e. The highest BCUT2D eigenvalue weighted by Gasteiger charge is 2.00. The summed E-state index contributed by atoms with van der Waals surface area (Å²) in [6, 6.07) is 7.20. The first kappa shape index (κ1) is 10.4. The second kappa shape index (κ2) is 5.17. The van der Waals surface area contributed by atoms with Crippen LogP contribution in [0.1, 0.15) is 12.0 Å². The van der Waals surface area contributed by atoms with Gasteiger partial charge in [0.15, 0.2) is 0 Å². The van der Waals surface area contributed by atoms with Crippen molar-refractivity contribution >= 4 is 17.3 Å². The number of anilines is 1. The van der Waals surface area contributed by atoms with Crippen molar-refractivity contribution in [2.24, 2.45) is 0 Å². The molecule has 14 heavy (non-hydrogen) atoms. The Morgan fingerprint density at radius 1 is 1.50 bits per heavy atom. The molecule has 70 valence electrons. The molecule has 0 radical (unpaired) electrons. The van der Waals surface area contributed by atoms with Crippen molar-refractivity contribution in [3.8, 4) is 18.4 Å². The third kappa shape index (κ3) is 2.69. The average molecular weight is 205 g/mol. The molecule has 0 amide bonds. The van der Waals surface area contributed by atoms with E-state index in [0.717, 1.165) is 5.69 Å². The van der Waals surface area contributed by atoms with Gasteiger partial charge in [-0.1, -0.05) is 11.6 Å². The zero-order valence-corrected chi connectivity index (χ0v) is 8.30. The van der Waals surface area contributed by atoms with Crippen LogP contribution in [0, 0.1) is 23.7 Å². The molecule has 0 aliphatic carbocycles. The molecule has 3 heteroatoms. The molecule has 1 aromatic rings. The number of nitrogens with one attached hydrogen (secondary N) is 1. The fourth-order valence-corrected chi connectivity index (χ4v) is 1.20. The summed E-state index contributed by atoms with van der Waals surface area (Å²) in [4.78, 5) is 0. The van der Waals surface area contributed by atoms with Crippen LogP contribution in [0.2, 0.25) is 5.02 Å². The number of hydrogen-bond donors (Lipinski definition) is 1. The van der Waals surface area contributed by atoms with E-state index in [9.17, 15) is 0 Å². The first-order valence-electron chi connectivity index (χ1n) is 4.15. The van der Waals surface area contributed by atoms with E-state index in [4.69, 9.17) is 23.3 Å². The van der Waals surface area contributed by atoms with Crippen molar-refractivity contribution < 1.29 is 0 Å². The lowest BCUT2D eigenvalue weighted by atomic mass is 10.2. The fraction of sp³-hybridized carbons (Fsp3) is 0.182. The number of hydrogen-bond acceptors (Lipinski definition) is 2. The number of rotatable bonds is 3. The van der Waals surface area contributed by atoms with Crippen LogP contribution in [0.25, 0.3) is 0 Å². The van der Waals surface area contributed by atoms with Gasteiger partial charge < -0.3 is 5.32 Å². The van der Waals surface area contributed by atoms with Gasteiger partial charge in [-0.05, 0) is 18.2 Å². The molecule has 0 saturated heterocycles. The molecule has 0 spiro atoms. The van der Waals surface area contributed by atoms with Gasteiger partial charge in [0, 0.05) is 18.0 Å². The molecule has 0 bridgehead atoms. The summed E-state index contributed by atoms with van der Waals surface area (Å²) in [5.74, 6) is 2.52. The maximum atomic E-state index is 8.81. The van der Waals surface area contributed by atoms with E-state index in [1.807, 2.05) is 0 Å². The number of nitriles is 1. The Bertz CT molecular complexity index is 399. The van der Waals surface area contributed by atoms with Gasteiger partial charge in [0.25, 0.3) is 0 Å². The summed E-state index contributed by atoms with van der Waals surface area (Å²) < 4.78 is 0. The first-order chi connectivity index (χ1) is 6.77. The van der Waals surface area contributed by atoms with Crippen molar-refractivity contribution in [3.63, 3.8) is 0 Å². The highest BCUT2D eigenvalue weighted by Crippen LogP contribution is 2.19. The van der Waals surface area contributed by atoms with E-state index in [-0.39, 0.29) is 0 Å². The van der Waals surface area contributed by atoms with Crippen LogP contribution < -0.4 is 5.32 Å². The standard InChI is InChI=1S/C11H9ClN2/c1-2-3-6-14-11-5-4-10(12)7-9(11)8-13/h1,4-5,7,14H,3,6H2. The SMILES string of the molecule is C#CCCNc1ccc(Cl)cc1C#N. The molecule has 2 nitrogen and oxygen atoms in total. The molecule has 0 saturated carbocycles. The van der Waals surface area contributed by atoms with Gasteiger partial charge in [0.1, 0.15) is 6.07 Å². The molecule has 0 aromatic heterocycles. The Labute approximate surface area is 88.5 Å². The summed E-state index contributed by atoms with van der Waals surface area (Å²) in [5, 5.41) is 12.4. The van der Waals surface area contributed by atoms with Crippen LogP contribution in [-0.2, 0) is 0 Å². The summed E-state index contributed by atoms with van der Waals surface area (Å²) >= 11 is 5.75. The quantitative estimate of drug-likeness (QED) is 0.607. The van der Waals surface area contributed by atoms with E-state index >= 15 is 0 Å². The molecule has 0 unspecified atom stereocenters. The maximum Gasteiger partial charge on any atom is 0.101 e. The van der Waals surface area contributed by atoms with Gasteiger partial charge in [-0.2, -0.15) is 5.26 Å². The van der Waals surface area contributed by atoms with Gasteiger partial charge in [-0.15, -0.1) is 12.3 Å². The number of halogens is 1. The van der Waals surface area contributed by atoms with Gasteiger partial charge in [-0.3, -0.25) is 0 Å². The second-order valence-electron chi connectivity index (χ2n) is 2.68. The average Bonchev–Trinajstić information content (AvgIpc) is 2.20. The van der Waals surface area contributed by atoms with Crippen molar-refractivity contribution in [1.82, 2.24) is 0 Å². The van der Waals surface area contributed by atoms with Crippen LogP contribution in [0.5, 0.6) is 0 Å². The van der Waals surface area contributed by atoms with Crippen LogP contribution in [0.15, 0.2) is 18.2 Å². The van der Waals surface area contributed by atoms with E-state index in [2.05, 4.69) is 17.3 Å². The monoisotopic (exact) mass is 204 g/mol. The predicted molar refractivity (Wildman–Crippen MR) is 58.1 cm³/mol. The van der Waals surface area contributed by atoms with Gasteiger partial charge >= 0.3 is 0 Å². The number of benzene rings is 1. The molecule has 0 atom stereocenters. The minimum absolute atomic E-state index is 0.537. The summed E-state index contributed by atoms with van der Waals surface area (Å²) in [7, 11) is 0. The van der Waals surface area contributed by atoms with Gasteiger partial charge in [0.2, 0.25) is 0 Å². The van der Waals surface area contributed by atoms with Crippen molar-refractivity contribution in [1.29, 1.82) is 5.26 Å². The van der Waals surface area contributed by atoms with E-state index < -0.39 is 0 Å². The Morgan fingerprint density at radius 3 is 2.93 bits per heavy atom. The van der Waals surface area contributed by atoms with E-state index in [1.165, 1.54) is 0 Å². The molecule has 0 fully saturated rings. The Balaban J connectivity index is 2.78. The normalized spacial score (nSPS) is 8.79. The first-order valence-corrected chi connectivity index (χ1v) is 4.52. The van der Waals surface area contributed by atoms with Crippen molar-refractivity contribution in [2.75, 3.05) is 11.9 Å². The van der Waals surface area contributed by atoms with Crippen LogP contribution in [0.4, 0.5) is 5.69 Å². The Morgan fingerprint density at radius 2 is 2.29 bits per heavy atom. The molecule has 1 N–H and O–H groups in total. The zero-order valence-electron chi connectivity index (χ0n) is 7.55. The molecule has 0 aliphatic heterocycles. The Kier molecular flexibility index (Phi) is 3.85. The highest BCUT2D eigenvalue weighted by molar-refractivity contribution is 6.30. The lowest BCUT2D eigenvalue weighted by Crippen LogP contribution is -2.01. The lowest BCUT2D eigenvalue weighted by molar-refractivity contribution is 1.10. The second-order valence-corrected chi connectivity index (χ2v) is 3.12. The van der Waals surface area contributed by atoms with Crippen LogP contribution >= 0.6 is 11.6 Å². The van der Waals surface area contributed by atoms with Crippen molar-refractivity contribution in [3.05, 3.63) is 28.8 Å². The minimum Gasteiger partial charge on any atom is -0.383 e. The van der Waals surface area contributed by atoms with Crippen LogP contribution in [-0.4, -0.2) is 6.54 Å². The summed E-state index contributed by atoms with van der Waals surface area (Å²) in [5.41, 5.74) is 1.31. The summed E-state index contributed by atoms with van der Waals surface area (Å²) in [6.45, 7) is 0.660. The molecule has 1 aromatic carbocycles. The van der Waals surface area contributed by atoms with E-state index in [0.29, 0.717) is 23.6 Å². The Hall–Kier alpha value is -1.64. The number of nitrogens with zero attached hydrogens (tertiary/aromatic N) is 1. The molecule has 0 heterocycles. The molecule has 0 aliphatic rings. The molecule has 1 rings (SSSR count). The van der Waals surface area contributed by atoms with Gasteiger partial charge in [-0.25, -0.2) is 0 Å². The molecular formula is C11H9ClN2. The van der Waals surface area contributed by atoms with Crippen LogP contribution in [0.3, 0.4) is 0 Å². The fourth-order valence-electron chi connectivity index (χ4n) is 1.03. The summed E-state index contributed by atoms with van der Waals surface area (Å²) in [6.07, 6.45) is 5.74. The lowest BCUT2D eigenvalue weighted by Gasteiger charge is -2.06.